The molecule has 0 spiro atoms. The van der Waals surface area contributed by atoms with E-state index in [1.165, 1.54) is 186 Å². The first-order valence-corrected chi connectivity index (χ1v) is 48.9. The molecule has 9 heteroatoms. The van der Waals surface area contributed by atoms with Gasteiger partial charge in [0.05, 0.1) is 66.2 Å². The van der Waals surface area contributed by atoms with E-state index in [0.717, 1.165) is 117 Å². The Labute approximate surface area is 820 Å². The van der Waals surface area contributed by atoms with E-state index in [2.05, 4.69) is 450 Å². The van der Waals surface area contributed by atoms with E-state index in [1.807, 2.05) is 42.5 Å². The molecule has 0 N–H and O–H groups in total. The van der Waals surface area contributed by atoms with Crippen LogP contribution in [0.2, 0.25) is 0 Å². The zero-order valence-corrected chi connectivity index (χ0v) is 77.1. The molecule has 3 aliphatic rings. The Bertz CT molecular complexity index is 10200. The summed E-state index contributed by atoms with van der Waals surface area (Å²) < 4.78 is 7.03. The Morgan fingerprint density at radius 3 is 0.685 bits per heavy atom. The van der Waals surface area contributed by atoms with Crippen LogP contribution in [0.1, 0.15) is 0 Å². The van der Waals surface area contributed by atoms with Crippen molar-refractivity contribution in [2.24, 2.45) is 0 Å². The molecule has 0 saturated heterocycles. The maximum Gasteiger partial charge on any atom is 0.165 e. The Morgan fingerprint density at radius 1 is 0.126 bits per heavy atom. The first kappa shape index (κ1) is 79.9. The SMILES string of the molecule is c1ccc(-c2ccc(-c3nc4ccccc4nc3-n3c4cccc5c4c4c(cccc43)-c3cccc4cccc-5c34)cc2)cc1.c1ccc2c(-c3ccc(-c4nc5ccccc5nc4-n4c5cccc6c5c5c(cccc54)-c4cccc5cccc-6c45)cc3)cccc2c1.c1ccc2cc(-c3ccc(-c4nc5ccccc5nc4-n4c5cccc6c5c5c(cccc54)-c4cccc5cccc-6c45)cc3)ccc2c1. The second-order valence-electron chi connectivity index (χ2n) is 37.7. The molecule has 0 bridgehead atoms. The van der Waals surface area contributed by atoms with E-state index < -0.39 is 0 Å². The molecule has 32 rings (SSSR count). The summed E-state index contributed by atoms with van der Waals surface area (Å²) in [6.07, 6.45) is 0. The number of benzene rings is 23. The third kappa shape index (κ3) is 12.4. The van der Waals surface area contributed by atoms with Gasteiger partial charge in [-0.15, -0.1) is 0 Å². The van der Waals surface area contributed by atoms with Crippen molar-refractivity contribution in [1.29, 1.82) is 0 Å². The quantitative estimate of drug-likeness (QED) is 0.143. The number of hydrogen-bond acceptors (Lipinski definition) is 6. The lowest BCUT2D eigenvalue weighted by Gasteiger charge is -2.16. The van der Waals surface area contributed by atoms with Gasteiger partial charge in [0.25, 0.3) is 0 Å². The minimum atomic E-state index is 0.831. The summed E-state index contributed by atoms with van der Waals surface area (Å²) in [4.78, 5) is 32.1. The highest BCUT2D eigenvalue weighted by Crippen LogP contribution is 2.55. The van der Waals surface area contributed by atoms with Gasteiger partial charge in [-0.05, 0) is 233 Å². The lowest BCUT2D eigenvalue weighted by Crippen LogP contribution is -2.04. The Kier molecular flexibility index (Phi) is 17.7. The van der Waals surface area contributed by atoms with Crippen molar-refractivity contribution in [3.63, 3.8) is 0 Å². The maximum atomic E-state index is 5.40. The molecule has 0 saturated carbocycles. The van der Waals surface area contributed by atoms with Crippen molar-refractivity contribution in [1.82, 2.24) is 43.6 Å². The predicted octanol–water partition coefficient (Wildman–Crippen LogP) is 34.9. The molecule has 6 aromatic heterocycles. The number of fused-ring (bicyclic) bond motifs is 11. The van der Waals surface area contributed by atoms with E-state index >= 15 is 0 Å². The Hall–Kier alpha value is -19.2. The van der Waals surface area contributed by atoms with Crippen LogP contribution in [0.5, 0.6) is 0 Å². The first-order valence-electron chi connectivity index (χ1n) is 48.9. The maximum absolute atomic E-state index is 5.40. The van der Waals surface area contributed by atoms with Crippen molar-refractivity contribution in [2.75, 3.05) is 0 Å². The smallest absolute Gasteiger partial charge is 0.165 e. The zero-order valence-electron chi connectivity index (χ0n) is 77.1. The van der Waals surface area contributed by atoms with Crippen molar-refractivity contribution in [2.45, 2.75) is 0 Å². The van der Waals surface area contributed by atoms with Gasteiger partial charge in [0.2, 0.25) is 0 Å². The normalized spacial score (nSPS) is 12.1. The molecule has 9 nitrogen and oxygen atoms in total. The van der Waals surface area contributed by atoms with Crippen LogP contribution in [0, 0.1) is 0 Å². The monoisotopic (exact) mass is 1810 g/mol. The topological polar surface area (TPSA) is 92.1 Å². The van der Waals surface area contributed by atoms with Gasteiger partial charge in [-0.2, -0.15) is 0 Å². The van der Waals surface area contributed by atoms with Gasteiger partial charge in [-0.25, -0.2) is 29.9 Å². The van der Waals surface area contributed by atoms with Crippen LogP contribution in [0.25, 0.3) is 304 Å². The summed E-state index contributed by atoms with van der Waals surface area (Å²) in [5.74, 6) is 2.50. The molecule has 660 valence electrons. The van der Waals surface area contributed by atoms with E-state index in [0.29, 0.717) is 0 Å². The lowest BCUT2D eigenvalue weighted by atomic mass is 9.93. The molecule has 143 heavy (non-hydrogen) atoms. The predicted molar refractivity (Wildman–Crippen MR) is 595 cm³/mol. The number of hydrogen-bond donors (Lipinski definition) is 0. The van der Waals surface area contributed by atoms with Crippen LogP contribution in [-0.2, 0) is 0 Å². The van der Waals surface area contributed by atoms with Gasteiger partial charge in [0.15, 0.2) is 17.5 Å². The van der Waals surface area contributed by atoms with Gasteiger partial charge in [-0.3, -0.25) is 13.7 Å². The third-order valence-corrected chi connectivity index (χ3v) is 30.0. The fourth-order valence-corrected chi connectivity index (χ4v) is 23.7. The fourth-order valence-electron chi connectivity index (χ4n) is 23.7. The molecule has 0 amide bonds. The van der Waals surface area contributed by atoms with Gasteiger partial charge in [0, 0.05) is 49.0 Å². The average Bonchev–Trinajstić information content (AvgIpc) is 1.55. The second-order valence-corrected chi connectivity index (χ2v) is 37.7. The molecule has 29 aromatic rings. The standard InChI is InChI=1S/2C46H27N3.C42H25N3/c1-2-14-32-28(10-1)11-5-15-33(32)29-24-26-31(27-25-29)45-46(48-39-21-4-3-20-38(39)47-45)49-40-22-8-18-36-34-16-6-12-30-13-7-17-35(42(30)34)37-19-9-23-41(49)44(37)43(36)40;1-2-10-32-27-33(26-23-28(32)9-1)29-21-24-31(25-22-29)45-46(48-39-18-4-3-17-38(39)47-45)49-40-19-7-15-36-34-13-5-11-30-12-6-14-35(42(30)34)37-16-8-20-41(49)44(37)43(36)40;1-2-10-26(11-3-1)27-22-24-29(25-23-27)41-42(44-35-19-5-4-18-34(35)43-41)45-36-20-8-16-32-30-14-6-12-28-13-7-15-31(38(28)30)33-17-9-21-37(45)40(33)39(32)36/h2*1-27H;1-25H. The summed E-state index contributed by atoms with van der Waals surface area (Å²) in [6.45, 7) is 0. The summed E-state index contributed by atoms with van der Waals surface area (Å²) in [5, 5.41) is 20.2. The molecule has 6 heterocycles. The van der Waals surface area contributed by atoms with Gasteiger partial charge < -0.3 is 0 Å². The number of aromatic nitrogens is 9. The summed E-state index contributed by atoms with van der Waals surface area (Å²) in [5.41, 5.74) is 40.0. The number of para-hydroxylation sites is 6. The van der Waals surface area contributed by atoms with Crippen LogP contribution in [0.3, 0.4) is 0 Å². The molecule has 0 fully saturated rings. The highest BCUT2D eigenvalue weighted by atomic mass is 15.1. The molecule has 0 radical (unpaired) electrons. The minimum Gasteiger partial charge on any atom is -0.292 e. The average molecular weight is 1820 g/mol. The number of nitrogens with zero attached hydrogens (tertiary/aromatic N) is 9. The first-order chi connectivity index (χ1) is 70.9. The van der Waals surface area contributed by atoms with Crippen molar-refractivity contribution < 1.29 is 0 Å². The van der Waals surface area contributed by atoms with Crippen molar-refractivity contribution in [3.8, 4) is 151 Å². The highest BCUT2D eigenvalue weighted by molar-refractivity contribution is 6.31. The number of rotatable bonds is 9. The van der Waals surface area contributed by atoms with Gasteiger partial charge in [0.1, 0.15) is 17.1 Å². The van der Waals surface area contributed by atoms with Crippen LogP contribution >= 0.6 is 0 Å². The minimum absolute atomic E-state index is 0.831. The molecule has 3 aliphatic carbocycles. The highest BCUT2D eigenvalue weighted by Gasteiger charge is 2.33. The largest absolute Gasteiger partial charge is 0.292 e. The third-order valence-electron chi connectivity index (χ3n) is 30.0. The van der Waals surface area contributed by atoms with E-state index in [4.69, 9.17) is 29.9 Å². The van der Waals surface area contributed by atoms with Gasteiger partial charge in [-0.1, -0.05) is 400 Å². The van der Waals surface area contributed by atoms with Gasteiger partial charge >= 0.3 is 0 Å². The second kappa shape index (κ2) is 31.7. The zero-order chi connectivity index (χ0) is 93.6. The Balaban J connectivity index is 0.000000100. The fraction of sp³-hybridized carbons (Fsp3) is 0. The van der Waals surface area contributed by atoms with E-state index in [1.54, 1.807) is 0 Å². The van der Waals surface area contributed by atoms with Crippen LogP contribution in [0.15, 0.2) is 479 Å². The Morgan fingerprint density at radius 2 is 0.350 bits per heavy atom. The van der Waals surface area contributed by atoms with Crippen molar-refractivity contribution in [3.05, 3.63) is 479 Å². The van der Waals surface area contributed by atoms with E-state index in [9.17, 15) is 0 Å². The van der Waals surface area contributed by atoms with Crippen LogP contribution in [0.4, 0.5) is 0 Å². The lowest BCUT2D eigenvalue weighted by molar-refractivity contribution is 1.08. The van der Waals surface area contributed by atoms with Crippen LogP contribution < -0.4 is 0 Å². The summed E-state index contributed by atoms with van der Waals surface area (Å²) >= 11 is 0. The summed E-state index contributed by atoms with van der Waals surface area (Å²) in [7, 11) is 0. The molecule has 0 atom stereocenters. The van der Waals surface area contributed by atoms with E-state index in [-0.39, 0.29) is 0 Å². The molecular formula is C134H79N9. The molecular weight excluding hydrogens is 1740 g/mol. The molecule has 23 aromatic carbocycles. The van der Waals surface area contributed by atoms with Crippen molar-refractivity contribution >= 4 is 152 Å². The van der Waals surface area contributed by atoms with Crippen LogP contribution in [-0.4, -0.2) is 43.6 Å². The molecule has 0 aliphatic heterocycles. The molecule has 0 unspecified atom stereocenters. The summed E-state index contributed by atoms with van der Waals surface area (Å²) in [6, 6.07) is 172.